The van der Waals surface area contributed by atoms with Gasteiger partial charge in [0.2, 0.25) is 0 Å². The van der Waals surface area contributed by atoms with Gasteiger partial charge in [-0.15, -0.1) is 0 Å². The van der Waals surface area contributed by atoms with Gasteiger partial charge in [-0.1, -0.05) is 24.3 Å². The SMILES string of the molecule is CNC(N)c1[c]cccc1. The van der Waals surface area contributed by atoms with Crippen molar-refractivity contribution < 1.29 is 0 Å². The van der Waals surface area contributed by atoms with Crippen molar-refractivity contribution in [3.05, 3.63) is 35.9 Å². The zero-order valence-corrected chi connectivity index (χ0v) is 5.96. The van der Waals surface area contributed by atoms with E-state index in [1.165, 1.54) is 0 Å². The van der Waals surface area contributed by atoms with Gasteiger partial charge in [0, 0.05) is 0 Å². The van der Waals surface area contributed by atoms with E-state index in [0.717, 1.165) is 5.56 Å². The van der Waals surface area contributed by atoms with Crippen LogP contribution in [-0.4, -0.2) is 7.05 Å². The molecule has 0 bridgehead atoms. The molecule has 0 spiro atoms. The first-order chi connectivity index (χ1) is 4.84. The van der Waals surface area contributed by atoms with E-state index >= 15 is 0 Å². The lowest BCUT2D eigenvalue weighted by Gasteiger charge is -2.08. The number of nitrogens with two attached hydrogens (primary N) is 1. The van der Waals surface area contributed by atoms with Gasteiger partial charge < -0.3 is 11.1 Å². The lowest BCUT2D eigenvalue weighted by Crippen LogP contribution is -2.24. The predicted molar refractivity (Wildman–Crippen MR) is 41.3 cm³/mol. The van der Waals surface area contributed by atoms with Crippen molar-refractivity contribution in [1.29, 1.82) is 0 Å². The Labute approximate surface area is 61.1 Å². The Morgan fingerprint density at radius 3 is 2.90 bits per heavy atom. The van der Waals surface area contributed by atoms with Gasteiger partial charge in [-0.25, -0.2) is 0 Å². The molecule has 0 aliphatic rings. The topological polar surface area (TPSA) is 38.0 Å². The van der Waals surface area contributed by atoms with Crippen molar-refractivity contribution in [1.82, 2.24) is 5.32 Å². The van der Waals surface area contributed by atoms with E-state index < -0.39 is 0 Å². The summed E-state index contributed by atoms with van der Waals surface area (Å²) in [6.45, 7) is 0. The van der Waals surface area contributed by atoms with Crippen LogP contribution < -0.4 is 11.1 Å². The molecule has 10 heavy (non-hydrogen) atoms. The Hall–Kier alpha value is -0.860. The van der Waals surface area contributed by atoms with Crippen LogP contribution in [0.2, 0.25) is 0 Å². The van der Waals surface area contributed by atoms with Gasteiger partial charge in [-0.3, -0.25) is 0 Å². The Balaban J connectivity index is 2.75. The summed E-state index contributed by atoms with van der Waals surface area (Å²) in [7, 11) is 1.82. The zero-order valence-electron chi connectivity index (χ0n) is 5.96. The first kappa shape index (κ1) is 7.25. The van der Waals surface area contributed by atoms with Gasteiger partial charge in [-0.2, -0.15) is 0 Å². The molecule has 0 fully saturated rings. The van der Waals surface area contributed by atoms with Crippen LogP contribution in [0.1, 0.15) is 11.7 Å². The van der Waals surface area contributed by atoms with Crippen LogP contribution in [0.5, 0.6) is 0 Å². The van der Waals surface area contributed by atoms with Crippen LogP contribution in [0.3, 0.4) is 0 Å². The van der Waals surface area contributed by atoms with Gasteiger partial charge in [0.1, 0.15) is 0 Å². The first-order valence-corrected chi connectivity index (χ1v) is 3.24. The van der Waals surface area contributed by atoms with E-state index in [9.17, 15) is 0 Å². The molecule has 0 amide bonds. The summed E-state index contributed by atoms with van der Waals surface area (Å²) in [5.41, 5.74) is 6.64. The summed E-state index contributed by atoms with van der Waals surface area (Å²) >= 11 is 0. The van der Waals surface area contributed by atoms with E-state index in [1.807, 2.05) is 31.3 Å². The number of benzene rings is 1. The molecular weight excluding hydrogens is 124 g/mol. The maximum Gasteiger partial charge on any atom is 0.0813 e. The van der Waals surface area contributed by atoms with Crippen molar-refractivity contribution in [2.24, 2.45) is 5.73 Å². The molecule has 0 aromatic heterocycles. The number of hydrogen-bond donors (Lipinski definition) is 2. The van der Waals surface area contributed by atoms with E-state index in [1.54, 1.807) is 0 Å². The molecule has 0 aliphatic heterocycles. The van der Waals surface area contributed by atoms with Crippen LogP contribution in [0, 0.1) is 6.07 Å². The summed E-state index contributed by atoms with van der Waals surface area (Å²) in [6.07, 6.45) is -0.0961. The van der Waals surface area contributed by atoms with Crippen LogP contribution in [0.4, 0.5) is 0 Å². The molecule has 2 heteroatoms. The average molecular weight is 135 g/mol. The summed E-state index contributed by atoms with van der Waals surface area (Å²) in [5.74, 6) is 0. The maximum absolute atomic E-state index is 5.65. The molecule has 1 radical (unpaired) electrons. The third-order valence-corrected chi connectivity index (χ3v) is 1.38. The van der Waals surface area contributed by atoms with Gasteiger partial charge in [0.25, 0.3) is 0 Å². The molecule has 2 nitrogen and oxygen atoms in total. The monoisotopic (exact) mass is 135 g/mol. The second-order valence-corrected chi connectivity index (χ2v) is 2.08. The second-order valence-electron chi connectivity index (χ2n) is 2.08. The third-order valence-electron chi connectivity index (χ3n) is 1.38. The molecule has 0 heterocycles. The van der Waals surface area contributed by atoms with Crippen LogP contribution in [0.25, 0.3) is 0 Å². The lowest BCUT2D eigenvalue weighted by molar-refractivity contribution is 0.621. The fraction of sp³-hybridized carbons (Fsp3) is 0.250. The largest absolute Gasteiger partial charge is 0.312 e. The van der Waals surface area contributed by atoms with Crippen LogP contribution in [-0.2, 0) is 0 Å². The summed E-state index contributed by atoms with van der Waals surface area (Å²) in [6, 6.07) is 10.7. The number of hydrogen-bond acceptors (Lipinski definition) is 2. The van der Waals surface area contributed by atoms with E-state index in [4.69, 9.17) is 5.73 Å². The molecule has 3 N–H and O–H groups in total. The third kappa shape index (κ3) is 1.56. The van der Waals surface area contributed by atoms with Crippen molar-refractivity contribution in [3.8, 4) is 0 Å². The van der Waals surface area contributed by atoms with Gasteiger partial charge in [0.05, 0.1) is 6.17 Å². The summed E-state index contributed by atoms with van der Waals surface area (Å²) < 4.78 is 0. The van der Waals surface area contributed by atoms with Crippen LogP contribution >= 0.6 is 0 Å². The number of nitrogens with one attached hydrogen (secondary N) is 1. The Morgan fingerprint density at radius 2 is 2.40 bits per heavy atom. The van der Waals surface area contributed by atoms with Crippen molar-refractivity contribution in [2.75, 3.05) is 7.05 Å². The minimum Gasteiger partial charge on any atom is -0.312 e. The highest BCUT2D eigenvalue weighted by Crippen LogP contribution is 2.03. The summed E-state index contributed by atoms with van der Waals surface area (Å²) in [5, 5.41) is 2.93. The Bertz CT molecular complexity index is 184. The normalized spacial score (nSPS) is 13.0. The predicted octanol–water partition coefficient (Wildman–Crippen LogP) is 0.663. The average Bonchev–Trinajstić information content (AvgIpc) is 2.05. The molecule has 0 saturated carbocycles. The molecule has 1 unspecified atom stereocenters. The molecule has 0 saturated heterocycles. The molecular formula is C8H11N2. The van der Waals surface area contributed by atoms with Crippen molar-refractivity contribution >= 4 is 0 Å². The van der Waals surface area contributed by atoms with Gasteiger partial charge >= 0.3 is 0 Å². The smallest absolute Gasteiger partial charge is 0.0813 e. The molecule has 53 valence electrons. The highest BCUT2D eigenvalue weighted by atomic mass is 15.0. The molecule has 1 rings (SSSR count). The minimum atomic E-state index is -0.0961. The Morgan fingerprint density at radius 1 is 1.60 bits per heavy atom. The van der Waals surface area contributed by atoms with E-state index in [-0.39, 0.29) is 6.17 Å². The Kier molecular flexibility index (Phi) is 2.42. The van der Waals surface area contributed by atoms with Crippen molar-refractivity contribution in [2.45, 2.75) is 6.17 Å². The number of rotatable bonds is 2. The molecule has 1 atom stereocenters. The quantitative estimate of drug-likeness (QED) is 0.585. The van der Waals surface area contributed by atoms with Crippen molar-refractivity contribution in [3.63, 3.8) is 0 Å². The summed E-state index contributed by atoms with van der Waals surface area (Å²) in [4.78, 5) is 0. The second kappa shape index (κ2) is 3.34. The molecule has 0 aliphatic carbocycles. The fourth-order valence-corrected chi connectivity index (χ4v) is 0.756. The molecule has 1 aromatic rings. The van der Waals surface area contributed by atoms with E-state index in [2.05, 4.69) is 11.4 Å². The highest BCUT2D eigenvalue weighted by molar-refractivity contribution is 5.15. The minimum absolute atomic E-state index is 0.0961. The lowest BCUT2D eigenvalue weighted by atomic mass is 10.2. The fourth-order valence-electron chi connectivity index (χ4n) is 0.756. The zero-order chi connectivity index (χ0) is 7.40. The van der Waals surface area contributed by atoms with Gasteiger partial charge in [-0.05, 0) is 18.7 Å². The first-order valence-electron chi connectivity index (χ1n) is 3.24. The van der Waals surface area contributed by atoms with Gasteiger partial charge in [0.15, 0.2) is 0 Å². The standard InChI is InChI=1S/C8H11N2/c1-10-8(9)7-5-3-2-4-6-7/h2-5,8,10H,9H2,1H3. The highest BCUT2D eigenvalue weighted by Gasteiger charge is 1.98. The maximum atomic E-state index is 5.65. The van der Waals surface area contributed by atoms with Crippen LogP contribution in [0.15, 0.2) is 24.3 Å². The molecule has 1 aromatic carbocycles. The van der Waals surface area contributed by atoms with E-state index in [0.29, 0.717) is 0 Å².